The number of benzene rings is 1. The van der Waals surface area contributed by atoms with Crippen LogP contribution in [0.3, 0.4) is 0 Å². The predicted molar refractivity (Wildman–Crippen MR) is 109 cm³/mol. The van der Waals surface area contributed by atoms with Crippen molar-refractivity contribution in [3.63, 3.8) is 0 Å². The lowest BCUT2D eigenvalue weighted by molar-refractivity contribution is 0.181. The first-order valence-corrected chi connectivity index (χ1v) is 9.44. The van der Waals surface area contributed by atoms with Gasteiger partial charge in [0.25, 0.3) is 0 Å². The Labute approximate surface area is 162 Å². The molecule has 1 aromatic heterocycles. The topological polar surface area (TPSA) is 82.7 Å². The molecule has 0 aliphatic carbocycles. The second-order valence-electron chi connectivity index (χ2n) is 7.71. The summed E-state index contributed by atoms with van der Waals surface area (Å²) in [6.07, 6.45) is -0.617. The van der Waals surface area contributed by atoms with Gasteiger partial charge >= 0.3 is 0 Å². The van der Waals surface area contributed by atoms with Gasteiger partial charge in [-0.1, -0.05) is 45.0 Å². The molecule has 1 heterocycles. The third kappa shape index (κ3) is 6.10. The molecule has 27 heavy (non-hydrogen) atoms. The smallest absolute Gasteiger partial charge is 0.216 e. The minimum atomic E-state index is -0.617. The van der Waals surface area contributed by atoms with E-state index < -0.39 is 6.10 Å². The summed E-state index contributed by atoms with van der Waals surface area (Å²) in [7, 11) is 0. The summed E-state index contributed by atoms with van der Waals surface area (Å²) in [5, 5.41) is 16.8. The van der Waals surface area contributed by atoms with Gasteiger partial charge in [0.05, 0.1) is 11.8 Å². The maximum Gasteiger partial charge on any atom is 0.216 e. The van der Waals surface area contributed by atoms with Gasteiger partial charge in [0.2, 0.25) is 5.89 Å². The van der Waals surface area contributed by atoms with Gasteiger partial charge in [-0.2, -0.15) is 0 Å². The Balaban J connectivity index is 1.96. The zero-order chi connectivity index (χ0) is 20.0. The lowest BCUT2D eigenvalue weighted by Gasteiger charge is -2.20. The molecular formula is C21H32N4O2. The monoisotopic (exact) mass is 372 g/mol. The van der Waals surface area contributed by atoms with Crippen LogP contribution in [0, 0.1) is 13.8 Å². The summed E-state index contributed by atoms with van der Waals surface area (Å²) < 4.78 is 5.55. The molecule has 0 spiro atoms. The molecule has 0 bridgehead atoms. The molecule has 0 aliphatic rings. The Morgan fingerprint density at radius 3 is 2.37 bits per heavy atom. The number of aliphatic imine (C=N–C) groups is 1. The van der Waals surface area contributed by atoms with Crippen molar-refractivity contribution in [1.29, 1.82) is 0 Å². The standard InChI is InChI=1S/C21H32N4O2/c1-7-22-20(24-13-19-25-14(2)15(3)27-19)23-12-18(26)16-8-10-17(11-9-16)21(4,5)6/h8-11,18,26H,7,12-13H2,1-6H3,(H2,22,23,24). The van der Waals surface area contributed by atoms with Crippen molar-refractivity contribution in [1.82, 2.24) is 15.6 Å². The van der Waals surface area contributed by atoms with Crippen molar-refractivity contribution in [2.75, 3.05) is 13.1 Å². The molecule has 0 radical (unpaired) electrons. The summed E-state index contributed by atoms with van der Waals surface area (Å²) >= 11 is 0. The molecule has 6 heteroatoms. The highest BCUT2D eigenvalue weighted by Crippen LogP contribution is 2.23. The fraction of sp³-hybridized carbons (Fsp3) is 0.524. The van der Waals surface area contributed by atoms with Crippen molar-refractivity contribution < 1.29 is 9.52 Å². The van der Waals surface area contributed by atoms with E-state index in [-0.39, 0.29) is 5.41 Å². The highest BCUT2D eigenvalue weighted by Gasteiger charge is 2.15. The van der Waals surface area contributed by atoms with Gasteiger partial charge in [-0.05, 0) is 37.3 Å². The fourth-order valence-electron chi connectivity index (χ4n) is 2.61. The van der Waals surface area contributed by atoms with Crippen LogP contribution in [-0.2, 0) is 12.0 Å². The molecule has 0 saturated carbocycles. The molecule has 2 rings (SSSR count). The average molecular weight is 373 g/mol. The third-order valence-electron chi connectivity index (χ3n) is 4.41. The number of nitrogens with one attached hydrogen (secondary N) is 2. The first-order chi connectivity index (χ1) is 12.7. The van der Waals surface area contributed by atoms with E-state index in [0.717, 1.165) is 23.6 Å². The van der Waals surface area contributed by atoms with E-state index in [1.807, 2.05) is 32.9 Å². The second kappa shape index (κ2) is 9.04. The summed E-state index contributed by atoms with van der Waals surface area (Å²) in [6.45, 7) is 13.8. The molecule has 0 aliphatic heterocycles. The Kier molecular flexibility index (Phi) is 7.02. The molecule has 1 aromatic carbocycles. The van der Waals surface area contributed by atoms with E-state index in [1.54, 1.807) is 0 Å². The molecule has 3 N–H and O–H groups in total. The van der Waals surface area contributed by atoms with Gasteiger partial charge in [0.1, 0.15) is 12.3 Å². The SMILES string of the molecule is CCNC(=NCc1nc(C)c(C)o1)NCC(O)c1ccc(C(C)(C)C)cc1. The number of aryl methyl sites for hydroxylation is 2. The number of aromatic nitrogens is 1. The van der Waals surface area contributed by atoms with Gasteiger partial charge in [-0.25, -0.2) is 9.98 Å². The van der Waals surface area contributed by atoms with Crippen LogP contribution in [0.5, 0.6) is 0 Å². The minimum Gasteiger partial charge on any atom is -0.444 e. The van der Waals surface area contributed by atoms with Gasteiger partial charge in [0.15, 0.2) is 5.96 Å². The van der Waals surface area contributed by atoms with Gasteiger partial charge < -0.3 is 20.2 Å². The van der Waals surface area contributed by atoms with E-state index in [9.17, 15) is 5.11 Å². The van der Waals surface area contributed by atoms with Crippen LogP contribution in [-0.4, -0.2) is 29.1 Å². The van der Waals surface area contributed by atoms with Gasteiger partial charge in [0, 0.05) is 13.1 Å². The lowest BCUT2D eigenvalue weighted by atomic mass is 9.86. The predicted octanol–water partition coefficient (Wildman–Crippen LogP) is 3.38. The van der Waals surface area contributed by atoms with Crippen LogP contribution in [0.1, 0.15) is 62.3 Å². The number of rotatable bonds is 6. The molecular weight excluding hydrogens is 340 g/mol. The van der Waals surface area contributed by atoms with Crippen LogP contribution in [0.4, 0.5) is 0 Å². The quantitative estimate of drug-likeness (QED) is 0.535. The Bertz CT molecular complexity index is 738. The number of hydrogen-bond acceptors (Lipinski definition) is 4. The zero-order valence-electron chi connectivity index (χ0n) is 17.3. The zero-order valence-corrected chi connectivity index (χ0v) is 17.3. The first kappa shape index (κ1) is 21.0. The molecule has 0 amide bonds. The number of aliphatic hydroxyl groups excluding tert-OH is 1. The molecule has 148 valence electrons. The second-order valence-corrected chi connectivity index (χ2v) is 7.71. The molecule has 1 atom stereocenters. The van der Waals surface area contributed by atoms with E-state index >= 15 is 0 Å². The summed E-state index contributed by atoms with van der Waals surface area (Å²) in [5.74, 6) is 2.02. The normalized spacial score (nSPS) is 13.5. The van der Waals surface area contributed by atoms with E-state index in [2.05, 4.69) is 53.5 Å². The fourth-order valence-corrected chi connectivity index (χ4v) is 2.61. The highest BCUT2D eigenvalue weighted by molar-refractivity contribution is 5.79. The van der Waals surface area contributed by atoms with Crippen molar-refractivity contribution >= 4 is 5.96 Å². The van der Waals surface area contributed by atoms with Gasteiger partial charge in [-0.15, -0.1) is 0 Å². The van der Waals surface area contributed by atoms with Crippen molar-refractivity contribution in [3.05, 3.63) is 52.7 Å². The Hall–Kier alpha value is -2.34. The number of oxazole rings is 1. The van der Waals surface area contributed by atoms with Crippen LogP contribution < -0.4 is 10.6 Å². The maximum absolute atomic E-state index is 10.5. The summed E-state index contributed by atoms with van der Waals surface area (Å²) in [4.78, 5) is 8.81. The molecule has 6 nitrogen and oxygen atoms in total. The van der Waals surface area contributed by atoms with Crippen molar-refractivity contribution in [2.24, 2.45) is 4.99 Å². The molecule has 1 unspecified atom stereocenters. The largest absolute Gasteiger partial charge is 0.444 e. The van der Waals surface area contributed by atoms with Crippen LogP contribution in [0.25, 0.3) is 0 Å². The summed E-state index contributed by atoms with van der Waals surface area (Å²) in [5.41, 5.74) is 3.11. The Morgan fingerprint density at radius 1 is 1.19 bits per heavy atom. The maximum atomic E-state index is 10.5. The number of hydrogen-bond donors (Lipinski definition) is 3. The van der Waals surface area contributed by atoms with Crippen LogP contribution in [0.15, 0.2) is 33.7 Å². The van der Waals surface area contributed by atoms with E-state index in [0.29, 0.717) is 24.9 Å². The minimum absolute atomic E-state index is 0.100. The van der Waals surface area contributed by atoms with Crippen LogP contribution in [0.2, 0.25) is 0 Å². The number of guanidine groups is 1. The van der Waals surface area contributed by atoms with E-state index in [4.69, 9.17) is 4.42 Å². The molecule has 0 saturated heterocycles. The van der Waals surface area contributed by atoms with E-state index in [1.165, 1.54) is 5.56 Å². The Morgan fingerprint density at radius 2 is 1.85 bits per heavy atom. The number of nitrogens with zero attached hydrogens (tertiary/aromatic N) is 2. The van der Waals surface area contributed by atoms with Crippen molar-refractivity contribution in [2.45, 2.75) is 59.6 Å². The molecule has 2 aromatic rings. The summed E-state index contributed by atoms with van der Waals surface area (Å²) in [6, 6.07) is 8.11. The van der Waals surface area contributed by atoms with Crippen molar-refractivity contribution in [3.8, 4) is 0 Å². The average Bonchev–Trinajstić information content (AvgIpc) is 2.94. The highest BCUT2D eigenvalue weighted by atomic mass is 16.4. The van der Waals surface area contributed by atoms with Crippen LogP contribution >= 0.6 is 0 Å². The lowest BCUT2D eigenvalue weighted by Crippen LogP contribution is -2.39. The number of aliphatic hydroxyl groups is 1. The first-order valence-electron chi connectivity index (χ1n) is 9.44. The molecule has 0 fully saturated rings. The third-order valence-corrected chi connectivity index (χ3v) is 4.41. The van der Waals surface area contributed by atoms with Gasteiger partial charge in [-0.3, -0.25) is 0 Å².